The van der Waals surface area contributed by atoms with Gasteiger partial charge in [0.25, 0.3) is 0 Å². The van der Waals surface area contributed by atoms with Gasteiger partial charge in [0.1, 0.15) is 23.3 Å². The van der Waals surface area contributed by atoms with Crippen LogP contribution in [0.4, 0.5) is 0 Å². The molecule has 2 aromatic heterocycles. The molecule has 5 aliphatic heterocycles. The third kappa shape index (κ3) is 2.17. The summed E-state index contributed by atoms with van der Waals surface area (Å²) in [5, 5.41) is 0. The van der Waals surface area contributed by atoms with Crippen molar-refractivity contribution in [2.45, 2.75) is 23.9 Å². The summed E-state index contributed by atoms with van der Waals surface area (Å²) in [6, 6.07) is 26.9. The Morgan fingerprint density at radius 3 is 1.47 bits per heavy atom. The van der Waals surface area contributed by atoms with Gasteiger partial charge in [-0.05, 0) is 47.5 Å². The number of ether oxygens (including phenoxy) is 2. The van der Waals surface area contributed by atoms with Crippen molar-refractivity contribution in [1.82, 2.24) is 0 Å². The lowest BCUT2D eigenvalue weighted by Gasteiger charge is -2.42. The van der Waals surface area contributed by atoms with Crippen LogP contribution in [0.1, 0.15) is 57.6 Å². The number of aromatic nitrogens is 2. The topological polar surface area (TPSA) is 26.2 Å². The van der Waals surface area contributed by atoms with E-state index in [0.29, 0.717) is 0 Å². The van der Waals surface area contributed by atoms with Gasteiger partial charge in [-0.15, -0.1) is 0 Å². The summed E-state index contributed by atoms with van der Waals surface area (Å²) in [4.78, 5) is 0. The van der Waals surface area contributed by atoms with Crippen LogP contribution in [0.25, 0.3) is 0 Å². The Balaban J connectivity index is 1.64. The van der Waals surface area contributed by atoms with Gasteiger partial charge in [0.2, 0.25) is 12.1 Å². The third-order valence-corrected chi connectivity index (χ3v) is 7.61. The number of nitrogens with zero attached hydrogens (tertiary/aromatic N) is 2. The normalized spacial score (nSPS) is 23.3. The summed E-state index contributed by atoms with van der Waals surface area (Å²) in [6.45, 7) is 0. The quantitative estimate of drug-likeness (QED) is 0.457. The van der Waals surface area contributed by atoms with Crippen molar-refractivity contribution >= 4 is 0 Å². The molecule has 2 aromatic carbocycles. The Bertz CT molecular complexity index is 1290. The van der Waals surface area contributed by atoms with Gasteiger partial charge in [-0.2, -0.15) is 9.13 Å². The summed E-state index contributed by atoms with van der Waals surface area (Å²) >= 11 is 0. The maximum absolute atomic E-state index is 5.67. The number of benzene rings is 2. The molecule has 0 spiro atoms. The zero-order chi connectivity index (χ0) is 21.4. The summed E-state index contributed by atoms with van der Waals surface area (Å²) in [7, 11) is 3.51. The van der Waals surface area contributed by atoms with Gasteiger partial charge in [0.05, 0.1) is 14.2 Å². The van der Waals surface area contributed by atoms with Gasteiger partial charge in [-0.3, -0.25) is 0 Å². The van der Waals surface area contributed by atoms with Crippen LogP contribution in [0.2, 0.25) is 0 Å². The van der Waals surface area contributed by atoms with Crippen LogP contribution >= 0.6 is 0 Å². The molecule has 0 N–H and O–H groups in total. The minimum Gasteiger partial charge on any atom is -0.497 e. The summed E-state index contributed by atoms with van der Waals surface area (Å²) in [6.07, 6.45) is 4.52. The van der Waals surface area contributed by atoms with E-state index >= 15 is 0 Å². The van der Waals surface area contributed by atoms with Crippen LogP contribution in [0, 0.1) is 0 Å². The van der Waals surface area contributed by atoms with Gasteiger partial charge in [0, 0.05) is 35.4 Å². The fourth-order valence-corrected chi connectivity index (χ4v) is 6.37. The highest BCUT2D eigenvalue weighted by Crippen LogP contribution is 2.55. The lowest BCUT2D eigenvalue weighted by molar-refractivity contribution is -0.769. The second kappa shape index (κ2) is 6.42. The van der Waals surface area contributed by atoms with E-state index in [1.54, 1.807) is 14.2 Å². The molecule has 6 aliphatic rings. The van der Waals surface area contributed by atoms with Gasteiger partial charge in [0.15, 0.2) is 23.8 Å². The molecule has 4 heteroatoms. The SMILES string of the molecule is COc1ccc2c(c1)C1c3cccc[n+]3C2C2c3cc(OC)ccc3C1[n+]1ccccc12. The predicted molar refractivity (Wildman–Crippen MR) is 119 cm³/mol. The molecule has 10 rings (SSSR count). The molecular weight excluding hydrogens is 396 g/mol. The summed E-state index contributed by atoms with van der Waals surface area (Å²) < 4.78 is 16.4. The first kappa shape index (κ1) is 18.0. The molecule has 4 bridgehead atoms. The maximum Gasteiger partial charge on any atom is 0.200 e. The van der Waals surface area contributed by atoms with Crippen molar-refractivity contribution in [3.8, 4) is 11.5 Å². The van der Waals surface area contributed by atoms with Crippen molar-refractivity contribution in [2.24, 2.45) is 0 Å². The molecule has 7 heterocycles. The molecule has 1 aliphatic carbocycles. The van der Waals surface area contributed by atoms with Crippen LogP contribution in [0.3, 0.4) is 0 Å². The van der Waals surface area contributed by atoms with Crippen molar-refractivity contribution in [3.63, 3.8) is 0 Å². The monoisotopic (exact) mass is 420 g/mol. The molecule has 156 valence electrons. The Morgan fingerprint density at radius 1 is 0.562 bits per heavy atom. The largest absolute Gasteiger partial charge is 0.497 e. The Kier molecular flexibility index (Phi) is 3.61. The van der Waals surface area contributed by atoms with Gasteiger partial charge < -0.3 is 9.47 Å². The average Bonchev–Trinajstić information content (AvgIpc) is 2.84. The smallest absolute Gasteiger partial charge is 0.200 e. The zero-order valence-corrected chi connectivity index (χ0v) is 18.1. The van der Waals surface area contributed by atoms with Crippen LogP contribution in [-0.2, 0) is 0 Å². The number of pyridine rings is 2. The molecule has 0 saturated heterocycles. The van der Waals surface area contributed by atoms with E-state index in [0.717, 1.165) is 11.5 Å². The van der Waals surface area contributed by atoms with E-state index in [1.807, 2.05) is 0 Å². The molecule has 4 aromatic rings. The van der Waals surface area contributed by atoms with E-state index in [4.69, 9.17) is 9.47 Å². The van der Waals surface area contributed by atoms with Crippen molar-refractivity contribution in [2.75, 3.05) is 14.2 Å². The lowest BCUT2D eigenvalue weighted by Crippen LogP contribution is -2.62. The van der Waals surface area contributed by atoms with Crippen LogP contribution in [0.5, 0.6) is 11.5 Å². The van der Waals surface area contributed by atoms with Gasteiger partial charge in [-0.25, -0.2) is 0 Å². The van der Waals surface area contributed by atoms with Crippen LogP contribution in [-0.4, -0.2) is 14.2 Å². The van der Waals surface area contributed by atoms with E-state index in [1.165, 1.54) is 33.6 Å². The minimum absolute atomic E-state index is 0.157. The van der Waals surface area contributed by atoms with E-state index in [9.17, 15) is 0 Å². The van der Waals surface area contributed by atoms with Crippen LogP contribution in [0.15, 0.2) is 85.2 Å². The summed E-state index contributed by atoms with van der Waals surface area (Å²) in [5.74, 6) is 2.19. The highest BCUT2D eigenvalue weighted by molar-refractivity contribution is 5.54. The van der Waals surface area contributed by atoms with E-state index in [2.05, 4.69) is 94.3 Å². The molecule has 4 atom stereocenters. The standard InChI is InChI=1S/C28H24N2O2/c1-31-17-9-11-19-21(15-17)25-23-7-3-5-13-29(23)27(19)26-22-16-18(32-2)10-12-20(22)28(25)30-14-6-4-8-24(26)30/h3-16,25-28H,1-2H3/q+2. The molecule has 4 nitrogen and oxygen atoms in total. The molecule has 0 radical (unpaired) electrons. The molecule has 0 saturated carbocycles. The first-order valence-electron chi connectivity index (χ1n) is 11.2. The molecular formula is C28H24N2O2+2. The van der Waals surface area contributed by atoms with Crippen molar-refractivity contribution < 1.29 is 18.6 Å². The van der Waals surface area contributed by atoms with Crippen LogP contribution < -0.4 is 18.6 Å². The predicted octanol–water partition coefficient (Wildman–Crippen LogP) is 4.06. The van der Waals surface area contributed by atoms with E-state index < -0.39 is 0 Å². The molecule has 4 unspecified atom stereocenters. The van der Waals surface area contributed by atoms with Crippen molar-refractivity contribution in [1.29, 1.82) is 0 Å². The minimum atomic E-state index is 0.157. The second-order valence-corrected chi connectivity index (χ2v) is 8.90. The number of methoxy groups -OCH3 is 2. The number of hydrogen-bond acceptors (Lipinski definition) is 2. The Labute approximate surface area is 187 Å². The average molecular weight is 421 g/mol. The molecule has 0 amide bonds. The molecule has 0 fully saturated rings. The highest BCUT2D eigenvalue weighted by Gasteiger charge is 2.58. The van der Waals surface area contributed by atoms with E-state index in [-0.39, 0.29) is 23.9 Å². The number of hydrogen-bond donors (Lipinski definition) is 0. The fourth-order valence-electron chi connectivity index (χ4n) is 6.37. The Hall–Kier alpha value is -3.66. The van der Waals surface area contributed by atoms with Crippen molar-refractivity contribution in [3.05, 3.63) is 119 Å². The third-order valence-electron chi connectivity index (χ3n) is 7.61. The van der Waals surface area contributed by atoms with Gasteiger partial charge in [-0.1, -0.05) is 12.1 Å². The maximum atomic E-state index is 5.67. The second-order valence-electron chi connectivity index (χ2n) is 8.90. The van der Waals surface area contributed by atoms with Gasteiger partial charge >= 0.3 is 0 Å². The fraction of sp³-hybridized carbons (Fsp3) is 0.214. The lowest BCUT2D eigenvalue weighted by atomic mass is 9.65. The molecule has 32 heavy (non-hydrogen) atoms. The zero-order valence-electron chi connectivity index (χ0n) is 18.1. The Morgan fingerprint density at radius 2 is 1.03 bits per heavy atom. The number of rotatable bonds is 2. The highest BCUT2D eigenvalue weighted by atomic mass is 16.5. The first-order valence-corrected chi connectivity index (χ1v) is 11.2. The first-order chi connectivity index (χ1) is 15.8. The summed E-state index contributed by atoms with van der Waals surface area (Å²) in [5.41, 5.74) is 8.24.